The first kappa shape index (κ1) is 11.2. The Hall–Kier alpha value is 0.400. The molecule has 4 heteroatoms. The molecule has 0 N–H and O–H groups in total. The van der Waals surface area contributed by atoms with Gasteiger partial charge in [0.25, 0.3) is 0 Å². The number of carbonyl (C=O) groups is 2. The zero-order chi connectivity index (χ0) is 5.86. The summed E-state index contributed by atoms with van der Waals surface area (Å²) in [5, 5.41) is 0. The van der Waals surface area contributed by atoms with Crippen LogP contribution < -0.4 is 0 Å². The molecular formula is C4H6CaO3+2. The number of esters is 1. The van der Waals surface area contributed by atoms with Crippen LogP contribution >= 0.6 is 0 Å². The van der Waals surface area contributed by atoms with Gasteiger partial charge in [0, 0.05) is 6.92 Å². The molecule has 8 heavy (non-hydrogen) atoms. The molecule has 0 aliphatic heterocycles. The minimum Gasteiger partial charge on any atom is -0.463 e. The summed E-state index contributed by atoms with van der Waals surface area (Å²) in [5.74, 6) is -1.36. The van der Waals surface area contributed by atoms with Crippen molar-refractivity contribution in [2.24, 2.45) is 0 Å². The summed E-state index contributed by atoms with van der Waals surface area (Å²) in [6.45, 7) is 1.16. The van der Waals surface area contributed by atoms with Crippen LogP contribution in [0.2, 0.25) is 0 Å². The van der Waals surface area contributed by atoms with E-state index in [4.69, 9.17) is 0 Å². The van der Waals surface area contributed by atoms with Crippen LogP contribution in [0.5, 0.6) is 0 Å². The maximum atomic E-state index is 9.94. The van der Waals surface area contributed by atoms with Crippen LogP contribution in [-0.4, -0.2) is 56.6 Å². The number of hydrogen-bond donors (Lipinski definition) is 0. The third-order valence-electron chi connectivity index (χ3n) is 0.473. The van der Waals surface area contributed by atoms with Gasteiger partial charge >= 0.3 is 43.7 Å². The quantitative estimate of drug-likeness (QED) is 0.278. The van der Waals surface area contributed by atoms with Crippen LogP contribution in [-0.2, 0) is 14.3 Å². The van der Waals surface area contributed by atoms with Crippen molar-refractivity contribution < 1.29 is 14.3 Å². The summed E-state index contributed by atoms with van der Waals surface area (Å²) < 4.78 is 4.02. The van der Waals surface area contributed by atoms with E-state index in [1.165, 1.54) is 7.11 Å². The van der Waals surface area contributed by atoms with Crippen molar-refractivity contribution in [2.45, 2.75) is 6.92 Å². The van der Waals surface area contributed by atoms with Crippen LogP contribution in [0.25, 0.3) is 0 Å². The molecule has 0 radical (unpaired) electrons. The molecule has 0 rings (SSSR count). The van der Waals surface area contributed by atoms with E-state index in [0.29, 0.717) is 0 Å². The molecular weight excluding hydrogens is 136 g/mol. The first-order valence-electron chi connectivity index (χ1n) is 1.77. The maximum Gasteiger partial charge on any atom is 2.00 e. The molecule has 0 aliphatic carbocycles. The van der Waals surface area contributed by atoms with Crippen LogP contribution in [0.1, 0.15) is 6.92 Å². The van der Waals surface area contributed by atoms with Gasteiger partial charge in [0.2, 0.25) is 5.78 Å². The molecule has 0 aromatic heterocycles. The number of Topliss-reactive ketones (excluding diaryl/α,β-unsaturated/α-hetero) is 1. The van der Waals surface area contributed by atoms with Crippen molar-refractivity contribution in [1.82, 2.24) is 0 Å². The first-order chi connectivity index (χ1) is 3.18. The monoisotopic (exact) mass is 142 g/mol. The molecule has 3 nitrogen and oxygen atoms in total. The second kappa shape index (κ2) is 5.53. The Morgan fingerprint density at radius 1 is 1.38 bits per heavy atom. The van der Waals surface area contributed by atoms with Crippen molar-refractivity contribution in [1.29, 1.82) is 0 Å². The molecule has 0 unspecified atom stereocenters. The third kappa shape index (κ3) is 4.56. The van der Waals surface area contributed by atoms with Gasteiger partial charge in [-0.1, -0.05) is 0 Å². The van der Waals surface area contributed by atoms with Gasteiger partial charge in [-0.3, -0.25) is 4.79 Å². The molecule has 0 saturated carbocycles. The Morgan fingerprint density at radius 3 is 1.75 bits per heavy atom. The number of hydrogen-bond acceptors (Lipinski definition) is 3. The van der Waals surface area contributed by atoms with Crippen LogP contribution in [0.15, 0.2) is 0 Å². The Balaban J connectivity index is 0. The molecule has 0 fully saturated rings. The predicted octanol–water partition coefficient (Wildman–Crippen LogP) is -0.632. The van der Waals surface area contributed by atoms with Crippen molar-refractivity contribution in [3.63, 3.8) is 0 Å². The van der Waals surface area contributed by atoms with E-state index >= 15 is 0 Å². The van der Waals surface area contributed by atoms with Crippen LogP contribution in [0, 0.1) is 0 Å². The van der Waals surface area contributed by atoms with E-state index in [0.717, 1.165) is 6.92 Å². The number of methoxy groups -OCH3 is 1. The number of rotatable bonds is 1. The summed E-state index contributed by atoms with van der Waals surface area (Å²) in [5.41, 5.74) is 0. The molecule has 0 bridgehead atoms. The second-order valence-electron chi connectivity index (χ2n) is 1.05. The SMILES string of the molecule is COC(=O)C(C)=O.[Ca+2]. The van der Waals surface area contributed by atoms with E-state index < -0.39 is 11.8 Å². The average Bonchev–Trinajstić information content (AvgIpc) is 1.65. The minimum atomic E-state index is -0.792. The zero-order valence-electron chi connectivity index (χ0n) is 4.93. The van der Waals surface area contributed by atoms with E-state index in [-0.39, 0.29) is 37.7 Å². The van der Waals surface area contributed by atoms with E-state index in [1.807, 2.05) is 0 Å². The van der Waals surface area contributed by atoms with E-state index in [2.05, 4.69) is 4.74 Å². The van der Waals surface area contributed by atoms with Crippen LogP contribution in [0.4, 0.5) is 0 Å². The Labute approximate surface area is 77.4 Å². The molecule has 0 aliphatic rings. The normalized spacial score (nSPS) is 6.75. The fourth-order valence-electron chi connectivity index (χ4n) is 0.144. The molecule has 0 aromatic carbocycles. The molecule has 0 spiro atoms. The standard InChI is InChI=1S/C4H6O3.Ca/c1-3(5)4(6)7-2;/h1-2H3;/q;+2. The van der Waals surface area contributed by atoms with Gasteiger partial charge in [-0.25, -0.2) is 4.79 Å². The summed E-state index contributed by atoms with van der Waals surface area (Å²) in [4.78, 5) is 19.8. The fraction of sp³-hybridized carbons (Fsp3) is 0.500. The van der Waals surface area contributed by atoms with Gasteiger partial charge < -0.3 is 4.74 Å². The number of ketones is 1. The summed E-state index contributed by atoms with van der Waals surface area (Å²) in [7, 11) is 1.17. The number of ether oxygens (including phenoxy) is 1. The van der Waals surface area contributed by atoms with Gasteiger partial charge in [0.1, 0.15) is 0 Å². The predicted molar refractivity (Wildman–Crippen MR) is 28.5 cm³/mol. The second-order valence-corrected chi connectivity index (χ2v) is 1.05. The Morgan fingerprint density at radius 2 is 1.75 bits per heavy atom. The largest absolute Gasteiger partial charge is 2.00 e. The van der Waals surface area contributed by atoms with Gasteiger partial charge in [-0.05, 0) is 0 Å². The summed E-state index contributed by atoms with van der Waals surface area (Å²) in [6.07, 6.45) is 0. The van der Waals surface area contributed by atoms with Crippen molar-refractivity contribution >= 4 is 49.5 Å². The van der Waals surface area contributed by atoms with E-state index in [1.54, 1.807) is 0 Å². The molecule has 0 aromatic rings. The van der Waals surface area contributed by atoms with Gasteiger partial charge in [0.15, 0.2) is 0 Å². The van der Waals surface area contributed by atoms with Crippen molar-refractivity contribution in [3.8, 4) is 0 Å². The van der Waals surface area contributed by atoms with E-state index in [9.17, 15) is 9.59 Å². The Bertz CT molecular complexity index is 99.5. The van der Waals surface area contributed by atoms with Gasteiger partial charge in [-0.15, -0.1) is 0 Å². The smallest absolute Gasteiger partial charge is 0.463 e. The average molecular weight is 142 g/mol. The maximum absolute atomic E-state index is 9.94. The summed E-state index contributed by atoms with van der Waals surface area (Å²) >= 11 is 0. The minimum absolute atomic E-state index is 0. The Kier molecular flexibility index (Phi) is 7.77. The molecule has 0 atom stereocenters. The van der Waals surface area contributed by atoms with Crippen molar-refractivity contribution in [2.75, 3.05) is 7.11 Å². The van der Waals surface area contributed by atoms with Crippen LogP contribution in [0.3, 0.4) is 0 Å². The molecule has 40 valence electrons. The topological polar surface area (TPSA) is 43.4 Å². The zero-order valence-corrected chi connectivity index (χ0v) is 7.14. The van der Waals surface area contributed by atoms with Gasteiger partial charge in [-0.2, -0.15) is 0 Å². The fourth-order valence-corrected chi connectivity index (χ4v) is 0.144. The van der Waals surface area contributed by atoms with Crippen molar-refractivity contribution in [3.05, 3.63) is 0 Å². The first-order valence-corrected chi connectivity index (χ1v) is 1.77. The van der Waals surface area contributed by atoms with Gasteiger partial charge in [0.05, 0.1) is 7.11 Å². The molecule has 0 heterocycles. The number of carbonyl (C=O) groups excluding carboxylic acids is 2. The molecule has 0 amide bonds. The third-order valence-corrected chi connectivity index (χ3v) is 0.473. The molecule has 0 saturated heterocycles. The summed E-state index contributed by atoms with van der Waals surface area (Å²) in [6, 6.07) is 0.